The van der Waals surface area contributed by atoms with Crippen LogP contribution in [0.5, 0.6) is 0 Å². The maximum Gasteiger partial charge on any atom is 0.0195 e. The molecule has 0 amide bonds. The van der Waals surface area contributed by atoms with Gasteiger partial charge in [-0.25, -0.2) is 0 Å². The maximum atomic E-state index is 3.72. The van der Waals surface area contributed by atoms with Crippen molar-refractivity contribution in [3.8, 4) is 0 Å². The van der Waals surface area contributed by atoms with Gasteiger partial charge in [-0.05, 0) is 63.5 Å². The van der Waals surface area contributed by atoms with Gasteiger partial charge in [0.2, 0.25) is 0 Å². The average Bonchev–Trinajstić information content (AvgIpc) is 2.36. The van der Waals surface area contributed by atoms with Crippen LogP contribution in [0.4, 0.5) is 0 Å². The van der Waals surface area contributed by atoms with Crippen molar-refractivity contribution in [2.45, 2.75) is 71.4 Å². The molecule has 2 rings (SSSR count). The summed E-state index contributed by atoms with van der Waals surface area (Å²) in [5.74, 6) is 1.86. The predicted octanol–water partition coefficient (Wildman–Crippen LogP) is 3.28. The summed E-state index contributed by atoms with van der Waals surface area (Å²) < 4.78 is 0. The molecule has 0 bridgehead atoms. The molecule has 0 radical (unpaired) electrons. The molecule has 0 aromatic rings. The number of hydrogen-bond acceptors (Lipinski definition) is 2. The molecule has 1 N–H and O–H groups in total. The van der Waals surface area contributed by atoms with Crippen molar-refractivity contribution < 1.29 is 0 Å². The highest BCUT2D eigenvalue weighted by Crippen LogP contribution is 2.33. The highest BCUT2D eigenvalue weighted by molar-refractivity contribution is 4.88. The summed E-state index contributed by atoms with van der Waals surface area (Å²) in [6.07, 6.45) is 8.34. The molecule has 2 nitrogen and oxygen atoms in total. The first-order valence-corrected chi connectivity index (χ1v) is 8.18. The van der Waals surface area contributed by atoms with Crippen LogP contribution in [0, 0.1) is 11.8 Å². The van der Waals surface area contributed by atoms with E-state index in [0.29, 0.717) is 0 Å². The van der Waals surface area contributed by atoms with Gasteiger partial charge in [0.1, 0.15) is 0 Å². The van der Waals surface area contributed by atoms with E-state index < -0.39 is 0 Å². The van der Waals surface area contributed by atoms with Crippen molar-refractivity contribution in [2.75, 3.05) is 19.6 Å². The summed E-state index contributed by atoms with van der Waals surface area (Å²) >= 11 is 0. The van der Waals surface area contributed by atoms with Crippen molar-refractivity contribution in [2.24, 2.45) is 11.8 Å². The second-order valence-electron chi connectivity index (χ2n) is 6.75. The maximum absolute atomic E-state index is 3.72. The Kier molecular flexibility index (Phi) is 5.50. The molecule has 1 saturated heterocycles. The van der Waals surface area contributed by atoms with Gasteiger partial charge in [-0.15, -0.1) is 0 Å². The molecule has 1 heterocycles. The van der Waals surface area contributed by atoms with Crippen LogP contribution in [0.2, 0.25) is 0 Å². The molecule has 0 aromatic carbocycles. The Labute approximate surface area is 114 Å². The van der Waals surface area contributed by atoms with Crippen LogP contribution in [-0.2, 0) is 0 Å². The van der Waals surface area contributed by atoms with E-state index in [4.69, 9.17) is 0 Å². The number of nitrogens with one attached hydrogen (secondary N) is 1. The monoisotopic (exact) mass is 252 g/mol. The third-order valence-corrected chi connectivity index (χ3v) is 4.99. The molecule has 1 aliphatic carbocycles. The molecular formula is C16H32N2. The van der Waals surface area contributed by atoms with Crippen molar-refractivity contribution in [3.05, 3.63) is 0 Å². The zero-order valence-electron chi connectivity index (χ0n) is 12.6. The lowest BCUT2D eigenvalue weighted by Gasteiger charge is -2.44. The van der Waals surface area contributed by atoms with Crippen LogP contribution in [-0.4, -0.2) is 36.6 Å². The van der Waals surface area contributed by atoms with Crippen LogP contribution >= 0.6 is 0 Å². The molecule has 4 atom stereocenters. The highest BCUT2D eigenvalue weighted by Gasteiger charge is 2.32. The lowest BCUT2D eigenvalue weighted by atomic mass is 9.78. The van der Waals surface area contributed by atoms with Gasteiger partial charge in [0.25, 0.3) is 0 Å². The first-order valence-electron chi connectivity index (χ1n) is 8.18. The van der Waals surface area contributed by atoms with E-state index in [9.17, 15) is 0 Å². The Morgan fingerprint density at radius 1 is 1.17 bits per heavy atom. The molecule has 0 spiro atoms. The fourth-order valence-electron chi connectivity index (χ4n) is 4.01. The van der Waals surface area contributed by atoms with Crippen LogP contribution < -0.4 is 5.32 Å². The highest BCUT2D eigenvalue weighted by atomic mass is 15.2. The van der Waals surface area contributed by atoms with Crippen LogP contribution in [0.1, 0.15) is 59.3 Å². The van der Waals surface area contributed by atoms with Crippen molar-refractivity contribution in [3.63, 3.8) is 0 Å². The van der Waals surface area contributed by atoms with E-state index >= 15 is 0 Å². The van der Waals surface area contributed by atoms with E-state index in [2.05, 4.69) is 31.0 Å². The van der Waals surface area contributed by atoms with E-state index in [1.807, 2.05) is 0 Å². The average molecular weight is 252 g/mol. The predicted molar refractivity (Wildman–Crippen MR) is 78.9 cm³/mol. The van der Waals surface area contributed by atoms with Crippen molar-refractivity contribution in [1.29, 1.82) is 0 Å². The first-order chi connectivity index (χ1) is 8.70. The summed E-state index contributed by atoms with van der Waals surface area (Å²) in [4.78, 5) is 2.80. The fourth-order valence-corrected chi connectivity index (χ4v) is 4.01. The second-order valence-corrected chi connectivity index (χ2v) is 6.75. The number of nitrogens with zero attached hydrogens (tertiary/aromatic N) is 1. The minimum atomic E-state index is 0.755. The fraction of sp³-hybridized carbons (Fsp3) is 1.00. The van der Waals surface area contributed by atoms with Gasteiger partial charge < -0.3 is 5.32 Å². The summed E-state index contributed by atoms with van der Waals surface area (Å²) in [7, 11) is 0. The van der Waals surface area contributed by atoms with Gasteiger partial charge in [-0.1, -0.05) is 20.8 Å². The molecule has 2 fully saturated rings. The molecule has 2 heteroatoms. The minimum Gasteiger partial charge on any atom is -0.313 e. The standard InChI is InChI=1S/C16H32N2/c1-4-9-17-15-6-5-10-18(12-15)16-8-7-13(2)11-14(16)3/h13-17H,4-12H2,1-3H3. The third-order valence-electron chi connectivity index (χ3n) is 4.99. The number of likely N-dealkylation sites (tertiary alicyclic amines) is 1. The molecule has 2 aliphatic rings. The number of hydrogen-bond donors (Lipinski definition) is 1. The van der Waals surface area contributed by atoms with E-state index in [-0.39, 0.29) is 0 Å². The smallest absolute Gasteiger partial charge is 0.0195 e. The molecule has 0 aromatic heterocycles. The summed E-state index contributed by atoms with van der Waals surface area (Å²) in [6.45, 7) is 11.0. The molecular weight excluding hydrogens is 220 g/mol. The van der Waals surface area contributed by atoms with Gasteiger partial charge >= 0.3 is 0 Å². The zero-order valence-corrected chi connectivity index (χ0v) is 12.6. The van der Waals surface area contributed by atoms with E-state index in [1.54, 1.807) is 0 Å². The molecule has 18 heavy (non-hydrogen) atoms. The first kappa shape index (κ1) is 14.3. The van der Waals surface area contributed by atoms with Gasteiger partial charge in [0.15, 0.2) is 0 Å². The Morgan fingerprint density at radius 2 is 2.00 bits per heavy atom. The van der Waals surface area contributed by atoms with Crippen LogP contribution in [0.3, 0.4) is 0 Å². The lowest BCUT2D eigenvalue weighted by Crippen LogP contribution is -2.52. The molecule has 4 unspecified atom stereocenters. The Hall–Kier alpha value is -0.0800. The minimum absolute atomic E-state index is 0.755. The van der Waals surface area contributed by atoms with Gasteiger partial charge in [-0.3, -0.25) is 4.90 Å². The summed E-state index contributed by atoms with van der Waals surface area (Å²) in [5, 5.41) is 3.72. The Morgan fingerprint density at radius 3 is 2.72 bits per heavy atom. The van der Waals surface area contributed by atoms with Gasteiger partial charge in [-0.2, -0.15) is 0 Å². The summed E-state index contributed by atoms with van der Waals surface area (Å²) in [5.41, 5.74) is 0. The number of rotatable bonds is 4. The Bertz CT molecular complexity index is 241. The van der Waals surface area contributed by atoms with Gasteiger partial charge in [0, 0.05) is 18.6 Å². The second kappa shape index (κ2) is 6.91. The number of piperidine rings is 1. The van der Waals surface area contributed by atoms with Crippen molar-refractivity contribution >= 4 is 0 Å². The zero-order chi connectivity index (χ0) is 13.0. The molecule has 106 valence electrons. The van der Waals surface area contributed by atoms with Crippen LogP contribution in [0.25, 0.3) is 0 Å². The van der Waals surface area contributed by atoms with Crippen LogP contribution in [0.15, 0.2) is 0 Å². The third kappa shape index (κ3) is 3.71. The SMILES string of the molecule is CCCNC1CCCN(C2CCC(C)CC2C)C1. The summed E-state index contributed by atoms with van der Waals surface area (Å²) in [6, 6.07) is 1.62. The quantitative estimate of drug-likeness (QED) is 0.826. The lowest BCUT2D eigenvalue weighted by molar-refractivity contribution is 0.0640. The Balaban J connectivity index is 1.84. The molecule has 1 aliphatic heterocycles. The molecule has 1 saturated carbocycles. The van der Waals surface area contributed by atoms with E-state index in [0.717, 1.165) is 23.9 Å². The van der Waals surface area contributed by atoms with Gasteiger partial charge in [0.05, 0.1) is 0 Å². The van der Waals surface area contributed by atoms with Crippen molar-refractivity contribution in [1.82, 2.24) is 10.2 Å². The van der Waals surface area contributed by atoms with E-state index in [1.165, 1.54) is 58.2 Å². The normalized spacial score (nSPS) is 38.8. The largest absolute Gasteiger partial charge is 0.313 e. The topological polar surface area (TPSA) is 15.3 Å².